The molecule has 0 atom stereocenters. The molecule has 4 heteroatoms. The van der Waals surface area contributed by atoms with E-state index in [-0.39, 0.29) is 0 Å². The topological polar surface area (TPSA) is 48.1 Å². The molecule has 0 amide bonds. The van der Waals surface area contributed by atoms with E-state index >= 15 is 0 Å². The quantitative estimate of drug-likeness (QED) is 0.785. The number of nitrogens with zero attached hydrogens (tertiary/aromatic N) is 1. The fourth-order valence-corrected chi connectivity index (χ4v) is 3.47. The van der Waals surface area contributed by atoms with E-state index < -0.39 is 0 Å². The highest BCUT2D eigenvalue weighted by Gasteiger charge is 2.17. The van der Waals surface area contributed by atoms with Crippen molar-refractivity contribution in [1.29, 1.82) is 0 Å². The largest absolute Gasteiger partial charge is 0.452 e. The number of anilines is 1. The van der Waals surface area contributed by atoms with Crippen LogP contribution >= 0.6 is 11.6 Å². The molecule has 0 fully saturated rings. The lowest BCUT2D eigenvalue weighted by atomic mass is 9.85. The molecule has 3 nitrogen and oxygen atoms in total. The molecule has 1 aromatic carbocycles. The van der Waals surface area contributed by atoms with Gasteiger partial charge in [0.1, 0.15) is 5.75 Å². The highest BCUT2D eigenvalue weighted by molar-refractivity contribution is 6.31. The molecule has 0 saturated heterocycles. The molecule has 2 aromatic rings. The summed E-state index contributed by atoms with van der Waals surface area (Å²) in [6.45, 7) is 4.50. The second-order valence-electron chi connectivity index (χ2n) is 6.65. The van der Waals surface area contributed by atoms with Crippen LogP contribution in [0.3, 0.4) is 0 Å². The Morgan fingerprint density at radius 2 is 2.04 bits per heavy atom. The molecule has 2 N–H and O–H groups in total. The van der Waals surface area contributed by atoms with Crippen molar-refractivity contribution in [3.05, 3.63) is 46.2 Å². The van der Waals surface area contributed by atoms with Gasteiger partial charge in [0.25, 0.3) is 0 Å². The first-order valence-corrected chi connectivity index (χ1v) is 8.65. The summed E-state index contributed by atoms with van der Waals surface area (Å²) in [5.41, 5.74) is 10.8. The van der Waals surface area contributed by atoms with E-state index in [0.29, 0.717) is 22.5 Å². The Morgan fingerprint density at radius 3 is 2.78 bits per heavy atom. The minimum atomic E-state index is 0.299. The minimum absolute atomic E-state index is 0.299. The number of halogens is 1. The van der Waals surface area contributed by atoms with E-state index in [0.717, 1.165) is 18.6 Å². The Hall–Kier alpha value is -1.74. The molecule has 23 heavy (non-hydrogen) atoms. The lowest BCUT2D eigenvalue weighted by Gasteiger charge is -2.22. The van der Waals surface area contributed by atoms with Crippen LogP contribution in [-0.2, 0) is 19.3 Å². The highest BCUT2D eigenvalue weighted by atomic mass is 35.5. The predicted octanol–water partition coefficient (Wildman–Crippen LogP) is 5.19. The maximum atomic E-state index is 6.13. The second-order valence-corrected chi connectivity index (χ2v) is 7.01. The average molecular weight is 331 g/mol. The van der Waals surface area contributed by atoms with Crippen LogP contribution in [0.4, 0.5) is 5.69 Å². The maximum Gasteiger partial charge on any atom is 0.187 e. The van der Waals surface area contributed by atoms with E-state index in [1.807, 2.05) is 0 Å². The molecule has 0 spiro atoms. The maximum absolute atomic E-state index is 6.13. The van der Waals surface area contributed by atoms with Gasteiger partial charge in [-0.1, -0.05) is 25.4 Å². The molecule has 0 aliphatic heterocycles. The van der Waals surface area contributed by atoms with Gasteiger partial charge < -0.3 is 10.5 Å². The van der Waals surface area contributed by atoms with Crippen LogP contribution in [-0.4, -0.2) is 4.98 Å². The van der Waals surface area contributed by atoms with Gasteiger partial charge in [-0.2, -0.15) is 0 Å². The van der Waals surface area contributed by atoms with Crippen molar-refractivity contribution in [1.82, 2.24) is 4.98 Å². The SMILES string of the molecule is CC(C)Cc1cc(Oc2c(N)ccnc2Cl)cc2c1CCCC2. The van der Waals surface area contributed by atoms with E-state index in [1.165, 1.54) is 36.0 Å². The van der Waals surface area contributed by atoms with Crippen molar-refractivity contribution in [3.8, 4) is 11.5 Å². The van der Waals surface area contributed by atoms with Gasteiger partial charge in [-0.25, -0.2) is 4.98 Å². The lowest BCUT2D eigenvalue weighted by Crippen LogP contribution is -2.09. The first-order valence-electron chi connectivity index (χ1n) is 8.27. The van der Waals surface area contributed by atoms with E-state index in [1.54, 1.807) is 12.3 Å². The number of nitrogen functional groups attached to an aromatic ring is 1. The smallest absolute Gasteiger partial charge is 0.187 e. The Labute approximate surface area is 142 Å². The molecule has 3 rings (SSSR count). The average Bonchev–Trinajstić information content (AvgIpc) is 2.50. The molecule has 0 unspecified atom stereocenters. The molecule has 0 bridgehead atoms. The normalized spacial score (nSPS) is 13.9. The van der Waals surface area contributed by atoms with Crippen LogP contribution < -0.4 is 10.5 Å². The van der Waals surface area contributed by atoms with Crippen LogP contribution in [0.5, 0.6) is 11.5 Å². The third-order valence-corrected chi connectivity index (χ3v) is 4.54. The first kappa shape index (κ1) is 16.1. The lowest BCUT2D eigenvalue weighted by molar-refractivity contribution is 0.479. The molecule has 0 saturated carbocycles. The van der Waals surface area contributed by atoms with Gasteiger partial charge in [-0.15, -0.1) is 0 Å². The molecule has 1 aromatic heterocycles. The van der Waals surface area contributed by atoms with Crippen molar-refractivity contribution < 1.29 is 4.74 Å². The number of aromatic nitrogens is 1. The van der Waals surface area contributed by atoms with Gasteiger partial charge in [0.15, 0.2) is 10.9 Å². The van der Waals surface area contributed by atoms with Gasteiger partial charge in [-0.05, 0) is 72.9 Å². The number of pyridine rings is 1. The number of fused-ring (bicyclic) bond motifs is 1. The molecule has 1 aliphatic carbocycles. The van der Waals surface area contributed by atoms with Gasteiger partial charge in [-0.3, -0.25) is 0 Å². The molecular weight excluding hydrogens is 308 g/mol. The van der Waals surface area contributed by atoms with Crippen LogP contribution in [0.25, 0.3) is 0 Å². The zero-order chi connectivity index (χ0) is 16.4. The van der Waals surface area contributed by atoms with Crippen LogP contribution in [0.2, 0.25) is 5.15 Å². The predicted molar refractivity (Wildman–Crippen MR) is 95.4 cm³/mol. The van der Waals surface area contributed by atoms with E-state index in [2.05, 4.69) is 31.0 Å². The summed E-state index contributed by atoms with van der Waals surface area (Å²) in [6, 6.07) is 5.99. The van der Waals surface area contributed by atoms with Crippen molar-refractivity contribution in [3.63, 3.8) is 0 Å². The van der Waals surface area contributed by atoms with Gasteiger partial charge in [0, 0.05) is 6.20 Å². The summed E-state index contributed by atoms with van der Waals surface area (Å²) in [7, 11) is 0. The fraction of sp³-hybridized carbons (Fsp3) is 0.421. The number of rotatable bonds is 4. The summed E-state index contributed by atoms with van der Waals surface area (Å²) in [6.07, 6.45) is 7.46. The summed E-state index contributed by atoms with van der Waals surface area (Å²) in [4.78, 5) is 4.05. The van der Waals surface area contributed by atoms with Crippen LogP contribution in [0.1, 0.15) is 43.4 Å². The van der Waals surface area contributed by atoms with Gasteiger partial charge >= 0.3 is 0 Å². The zero-order valence-electron chi connectivity index (χ0n) is 13.7. The first-order chi connectivity index (χ1) is 11.0. The fourth-order valence-electron chi connectivity index (χ4n) is 3.26. The number of nitrogens with two attached hydrogens (primary N) is 1. The molecular formula is C19H23ClN2O. The standard InChI is InChI=1S/C19H23ClN2O/c1-12(2)9-14-11-15(10-13-5-3-4-6-16(13)14)23-18-17(21)7-8-22-19(18)20/h7-8,10-12H,3-6,9H2,1-2H3,(H2,21,22). The van der Waals surface area contributed by atoms with Crippen LogP contribution in [0, 0.1) is 5.92 Å². The summed E-state index contributed by atoms with van der Waals surface area (Å²) >= 11 is 6.13. The highest BCUT2D eigenvalue weighted by Crippen LogP contribution is 2.36. The van der Waals surface area contributed by atoms with E-state index in [4.69, 9.17) is 22.1 Å². The summed E-state index contributed by atoms with van der Waals surface area (Å²) in [5.74, 6) is 1.87. The van der Waals surface area contributed by atoms with Crippen molar-refractivity contribution in [2.75, 3.05) is 5.73 Å². The third-order valence-electron chi connectivity index (χ3n) is 4.27. The minimum Gasteiger partial charge on any atom is -0.452 e. The van der Waals surface area contributed by atoms with Crippen molar-refractivity contribution >= 4 is 17.3 Å². The van der Waals surface area contributed by atoms with E-state index in [9.17, 15) is 0 Å². The Kier molecular flexibility index (Phi) is 4.76. The number of ether oxygens (including phenoxy) is 1. The number of aryl methyl sites for hydroxylation is 1. The summed E-state index contributed by atoms with van der Waals surface area (Å²) in [5, 5.41) is 0.299. The van der Waals surface area contributed by atoms with Crippen molar-refractivity contribution in [2.45, 2.75) is 46.0 Å². The monoisotopic (exact) mass is 330 g/mol. The van der Waals surface area contributed by atoms with Crippen LogP contribution in [0.15, 0.2) is 24.4 Å². The second kappa shape index (κ2) is 6.79. The Morgan fingerprint density at radius 1 is 1.26 bits per heavy atom. The number of hydrogen-bond donors (Lipinski definition) is 1. The Bertz CT molecular complexity index is 693. The zero-order valence-corrected chi connectivity index (χ0v) is 14.5. The third kappa shape index (κ3) is 3.61. The molecule has 122 valence electrons. The number of benzene rings is 1. The Balaban J connectivity index is 1.99. The van der Waals surface area contributed by atoms with Crippen molar-refractivity contribution in [2.24, 2.45) is 5.92 Å². The molecule has 0 radical (unpaired) electrons. The number of hydrogen-bond acceptors (Lipinski definition) is 3. The summed E-state index contributed by atoms with van der Waals surface area (Å²) < 4.78 is 6.01. The van der Waals surface area contributed by atoms with Gasteiger partial charge in [0.2, 0.25) is 0 Å². The van der Waals surface area contributed by atoms with Gasteiger partial charge in [0.05, 0.1) is 5.69 Å². The molecule has 1 heterocycles. The molecule has 1 aliphatic rings.